The molecule has 0 fully saturated rings. The first kappa shape index (κ1) is 17.7. The van der Waals surface area contributed by atoms with E-state index in [-0.39, 0.29) is 5.69 Å². The molecule has 0 saturated heterocycles. The summed E-state index contributed by atoms with van der Waals surface area (Å²) in [5, 5.41) is 15.7. The second-order valence-corrected chi connectivity index (χ2v) is 5.68. The lowest BCUT2D eigenvalue weighted by molar-refractivity contribution is -0.384. The van der Waals surface area contributed by atoms with Crippen molar-refractivity contribution in [2.24, 2.45) is 5.73 Å². The predicted octanol–water partition coefficient (Wildman–Crippen LogP) is 4.84. The van der Waals surface area contributed by atoms with Crippen molar-refractivity contribution in [2.75, 3.05) is 5.32 Å². The maximum atomic E-state index is 12.8. The topological polar surface area (TPSA) is 81.2 Å². The van der Waals surface area contributed by atoms with Gasteiger partial charge in [0.15, 0.2) is 0 Å². The van der Waals surface area contributed by atoms with Gasteiger partial charge in [-0.2, -0.15) is 13.2 Å². The van der Waals surface area contributed by atoms with E-state index in [1.54, 1.807) is 12.1 Å². The number of nitro benzene ring substituents is 1. The summed E-state index contributed by atoms with van der Waals surface area (Å²) < 4.78 is 38.4. The predicted molar refractivity (Wildman–Crippen MR) is 92.6 cm³/mol. The lowest BCUT2D eigenvalue weighted by Gasteiger charge is -2.18. The van der Waals surface area contributed by atoms with Gasteiger partial charge in [0.05, 0.1) is 10.5 Å². The number of rotatable bonds is 4. The fraction of sp³-hybridized carbons (Fsp3) is 0.111. The van der Waals surface area contributed by atoms with Crippen LogP contribution in [0.25, 0.3) is 10.8 Å². The highest BCUT2D eigenvalue weighted by molar-refractivity contribution is 5.86. The zero-order chi connectivity index (χ0) is 18.9. The summed E-state index contributed by atoms with van der Waals surface area (Å²) in [7, 11) is 0. The Hall–Kier alpha value is -3.13. The van der Waals surface area contributed by atoms with E-state index < -0.39 is 28.5 Å². The fourth-order valence-corrected chi connectivity index (χ4v) is 2.75. The molecule has 134 valence electrons. The number of fused-ring (bicyclic) bond motifs is 1. The average Bonchev–Trinajstić information content (AvgIpc) is 2.60. The minimum absolute atomic E-state index is 0.0802. The molecule has 0 bridgehead atoms. The molecule has 3 rings (SSSR count). The Balaban J connectivity index is 1.98. The molecule has 0 aromatic heterocycles. The first-order chi connectivity index (χ1) is 12.3. The van der Waals surface area contributed by atoms with Gasteiger partial charge >= 0.3 is 6.18 Å². The SMILES string of the molecule is NC(Nc1ccc(C(F)(F)F)cc1[N+](=O)[O-])c1cccc2ccccc12. The Kier molecular flexibility index (Phi) is 4.52. The van der Waals surface area contributed by atoms with Crippen molar-refractivity contribution >= 4 is 22.1 Å². The van der Waals surface area contributed by atoms with Crippen LogP contribution in [0.5, 0.6) is 0 Å². The van der Waals surface area contributed by atoms with Crippen LogP contribution in [0.4, 0.5) is 24.5 Å². The maximum absolute atomic E-state index is 12.8. The number of nitrogens with zero attached hydrogens (tertiary/aromatic N) is 1. The highest BCUT2D eigenvalue weighted by Crippen LogP contribution is 2.36. The van der Waals surface area contributed by atoms with E-state index in [1.165, 1.54) is 0 Å². The van der Waals surface area contributed by atoms with Crippen LogP contribution in [-0.2, 0) is 6.18 Å². The van der Waals surface area contributed by atoms with Gasteiger partial charge < -0.3 is 11.1 Å². The third-order valence-corrected chi connectivity index (χ3v) is 3.99. The van der Waals surface area contributed by atoms with Gasteiger partial charge in [-0.1, -0.05) is 42.5 Å². The quantitative estimate of drug-likeness (QED) is 0.396. The van der Waals surface area contributed by atoms with Gasteiger partial charge in [0.2, 0.25) is 0 Å². The molecule has 3 N–H and O–H groups in total. The van der Waals surface area contributed by atoms with Gasteiger partial charge in [-0.25, -0.2) is 0 Å². The number of hydrogen-bond acceptors (Lipinski definition) is 4. The molecule has 5 nitrogen and oxygen atoms in total. The zero-order valence-corrected chi connectivity index (χ0v) is 13.3. The second-order valence-electron chi connectivity index (χ2n) is 5.68. The van der Waals surface area contributed by atoms with Crippen molar-refractivity contribution in [3.05, 3.63) is 81.9 Å². The third-order valence-electron chi connectivity index (χ3n) is 3.99. The number of alkyl halides is 3. The monoisotopic (exact) mass is 361 g/mol. The van der Waals surface area contributed by atoms with Gasteiger partial charge in [-0.05, 0) is 28.5 Å². The van der Waals surface area contributed by atoms with E-state index in [2.05, 4.69) is 5.32 Å². The summed E-state index contributed by atoms with van der Waals surface area (Å²) in [6.07, 6.45) is -5.50. The molecule has 0 aliphatic carbocycles. The normalized spacial score (nSPS) is 12.8. The molecule has 8 heteroatoms. The summed E-state index contributed by atoms with van der Waals surface area (Å²) >= 11 is 0. The third kappa shape index (κ3) is 3.45. The molecule has 0 spiro atoms. The molecular weight excluding hydrogens is 347 g/mol. The molecule has 1 atom stereocenters. The molecule has 0 aliphatic rings. The van der Waals surface area contributed by atoms with Crippen LogP contribution in [0.15, 0.2) is 60.7 Å². The Bertz CT molecular complexity index is 968. The molecule has 0 radical (unpaired) electrons. The van der Waals surface area contributed by atoms with Crippen LogP contribution in [0.3, 0.4) is 0 Å². The van der Waals surface area contributed by atoms with Crippen LogP contribution < -0.4 is 11.1 Å². The van der Waals surface area contributed by atoms with Crippen LogP contribution in [-0.4, -0.2) is 4.92 Å². The molecular formula is C18H14F3N3O2. The van der Waals surface area contributed by atoms with Gasteiger partial charge in [0.25, 0.3) is 5.69 Å². The number of nitro groups is 1. The summed E-state index contributed by atoms with van der Waals surface area (Å²) in [6, 6.07) is 15.2. The van der Waals surface area contributed by atoms with Gasteiger partial charge in [-0.15, -0.1) is 0 Å². The summed E-state index contributed by atoms with van der Waals surface area (Å²) in [5.41, 5.74) is 4.95. The van der Waals surface area contributed by atoms with Crippen molar-refractivity contribution in [3.8, 4) is 0 Å². The van der Waals surface area contributed by atoms with E-state index in [1.807, 2.05) is 30.3 Å². The first-order valence-electron chi connectivity index (χ1n) is 7.63. The number of nitrogens with two attached hydrogens (primary N) is 1. The Morgan fingerprint density at radius 2 is 1.73 bits per heavy atom. The maximum Gasteiger partial charge on any atom is 0.416 e. The fourth-order valence-electron chi connectivity index (χ4n) is 2.75. The van der Waals surface area contributed by atoms with Crippen molar-refractivity contribution in [1.29, 1.82) is 0 Å². The number of hydrogen-bond donors (Lipinski definition) is 2. The molecule has 0 heterocycles. The van der Waals surface area contributed by atoms with Crippen molar-refractivity contribution in [2.45, 2.75) is 12.3 Å². The second kappa shape index (κ2) is 6.64. The molecule has 0 aliphatic heterocycles. The number of nitrogens with one attached hydrogen (secondary N) is 1. The average molecular weight is 361 g/mol. The number of benzene rings is 3. The van der Waals surface area contributed by atoms with E-state index in [4.69, 9.17) is 5.73 Å². The summed E-state index contributed by atoms with van der Waals surface area (Å²) in [4.78, 5) is 10.3. The smallest absolute Gasteiger partial charge is 0.361 e. The number of halogens is 3. The van der Waals surface area contributed by atoms with Crippen LogP contribution in [0.2, 0.25) is 0 Å². The molecule has 1 unspecified atom stereocenters. The van der Waals surface area contributed by atoms with E-state index >= 15 is 0 Å². The minimum atomic E-state index is -4.67. The molecule has 3 aromatic rings. The zero-order valence-electron chi connectivity index (χ0n) is 13.3. The highest BCUT2D eigenvalue weighted by Gasteiger charge is 2.33. The van der Waals surface area contributed by atoms with Gasteiger partial charge in [0, 0.05) is 6.07 Å². The Labute approximate surface area is 146 Å². The summed E-state index contributed by atoms with van der Waals surface area (Å²) in [5.74, 6) is 0. The van der Waals surface area contributed by atoms with E-state index in [9.17, 15) is 23.3 Å². The molecule has 0 saturated carbocycles. The van der Waals surface area contributed by atoms with E-state index in [0.717, 1.165) is 22.9 Å². The highest BCUT2D eigenvalue weighted by atomic mass is 19.4. The van der Waals surface area contributed by atoms with Crippen molar-refractivity contribution < 1.29 is 18.1 Å². The number of anilines is 1. The van der Waals surface area contributed by atoms with Crippen LogP contribution >= 0.6 is 0 Å². The van der Waals surface area contributed by atoms with Gasteiger partial charge in [0.1, 0.15) is 11.9 Å². The van der Waals surface area contributed by atoms with Crippen molar-refractivity contribution in [3.63, 3.8) is 0 Å². The molecule has 0 amide bonds. The molecule has 26 heavy (non-hydrogen) atoms. The van der Waals surface area contributed by atoms with Crippen LogP contribution in [0.1, 0.15) is 17.3 Å². The van der Waals surface area contributed by atoms with Crippen LogP contribution in [0, 0.1) is 10.1 Å². The summed E-state index contributed by atoms with van der Waals surface area (Å²) in [6.45, 7) is 0. The van der Waals surface area contributed by atoms with E-state index in [0.29, 0.717) is 11.6 Å². The Morgan fingerprint density at radius 1 is 1.04 bits per heavy atom. The lowest BCUT2D eigenvalue weighted by atomic mass is 10.0. The minimum Gasteiger partial charge on any atom is -0.361 e. The first-order valence-corrected chi connectivity index (χ1v) is 7.63. The molecule has 3 aromatic carbocycles. The standard InChI is InChI=1S/C18H14F3N3O2/c19-18(20,21)12-8-9-15(16(10-12)24(25)26)23-17(22)14-7-3-5-11-4-1-2-6-13(11)14/h1-10,17,23H,22H2. The van der Waals surface area contributed by atoms with Gasteiger partial charge in [-0.3, -0.25) is 10.1 Å². The largest absolute Gasteiger partial charge is 0.416 e. The van der Waals surface area contributed by atoms with Crippen molar-refractivity contribution in [1.82, 2.24) is 0 Å². The lowest BCUT2D eigenvalue weighted by Crippen LogP contribution is -2.21. The Morgan fingerprint density at radius 3 is 2.42 bits per heavy atom.